The van der Waals surface area contributed by atoms with Crippen LogP contribution in [-0.4, -0.2) is 22.0 Å². The second-order valence-corrected chi connectivity index (χ2v) is 4.20. The second-order valence-electron chi connectivity index (χ2n) is 4.20. The highest BCUT2D eigenvalue weighted by atomic mass is 16.5. The summed E-state index contributed by atoms with van der Waals surface area (Å²) in [4.78, 5) is 13.5. The van der Waals surface area contributed by atoms with Crippen molar-refractivity contribution in [2.45, 2.75) is 39.3 Å². The van der Waals surface area contributed by atoms with Gasteiger partial charge in [0.2, 0.25) is 5.91 Å². The number of carbonyl (C=O) groups is 1. The maximum atomic E-state index is 11.7. The smallest absolute Gasteiger partial charge is 0.246 e. The minimum atomic E-state index is -0.0116. The molecule has 0 aliphatic heterocycles. The zero-order chi connectivity index (χ0) is 11.7. The molecule has 4 nitrogen and oxygen atoms in total. The summed E-state index contributed by atoms with van der Waals surface area (Å²) in [6.07, 6.45) is 3.54. The van der Waals surface area contributed by atoms with Crippen LogP contribution in [0.3, 0.4) is 0 Å². The summed E-state index contributed by atoms with van der Waals surface area (Å²) in [5.74, 6) is 0.780. The van der Waals surface area contributed by atoms with Crippen molar-refractivity contribution in [3.05, 3.63) is 29.7 Å². The Labute approximate surface area is 94.9 Å². The van der Waals surface area contributed by atoms with Crippen LogP contribution in [-0.2, 0) is 11.3 Å². The first-order valence-corrected chi connectivity index (χ1v) is 5.48. The predicted octanol–water partition coefficient (Wildman–Crippen LogP) is 1.97. The normalized spacial score (nSPS) is 14.9. The van der Waals surface area contributed by atoms with Crippen LogP contribution < -0.4 is 0 Å². The van der Waals surface area contributed by atoms with E-state index in [-0.39, 0.29) is 5.91 Å². The quantitative estimate of drug-likeness (QED) is 0.729. The molecular formula is C12H16N2O2. The number of nitrogens with zero attached hydrogens (tertiary/aromatic N) is 2. The molecule has 2 rings (SSSR count). The molecule has 0 saturated heterocycles. The van der Waals surface area contributed by atoms with Gasteiger partial charge in [-0.25, -0.2) is 0 Å². The van der Waals surface area contributed by atoms with Crippen LogP contribution in [0.25, 0.3) is 0 Å². The third-order valence-electron chi connectivity index (χ3n) is 2.96. The zero-order valence-corrected chi connectivity index (χ0v) is 9.69. The van der Waals surface area contributed by atoms with Gasteiger partial charge in [-0.1, -0.05) is 11.7 Å². The number of aromatic nitrogens is 1. The van der Waals surface area contributed by atoms with Crippen molar-refractivity contribution in [2.75, 3.05) is 0 Å². The van der Waals surface area contributed by atoms with Gasteiger partial charge >= 0.3 is 0 Å². The summed E-state index contributed by atoms with van der Waals surface area (Å²) in [6.45, 7) is 7.89. The van der Waals surface area contributed by atoms with E-state index in [0.29, 0.717) is 12.6 Å². The van der Waals surface area contributed by atoms with E-state index >= 15 is 0 Å². The lowest BCUT2D eigenvalue weighted by atomic mass is 10.2. The molecule has 1 fully saturated rings. The standard InChI is InChI=1S/C12H16N2O2/c1-4-12(15)14(10-5-6-10)7-11-8(2)13-16-9(11)3/h4,10H,1,5-7H2,2-3H3. The molecule has 1 aromatic heterocycles. The Morgan fingerprint density at radius 1 is 1.62 bits per heavy atom. The maximum Gasteiger partial charge on any atom is 0.246 e. The largest absolute Gasteiger partial charge is 0.361 e. The van der Waals surface area contributed by atoms with Gasteiger partial charge in [-0.3, -0.25) is 4.79 Å². The van der Waals surface area contributed by atoms with Crippen molar-refractivity contribution >= 4 is 5.91 Å². The van der Waals surface area contributed by atoms with Crippen LogP contribution in [0.5, 0.6) is 0 Å². The van der Waals surface area contributed by atoms with E-state index in [9.17, 15) is 4.79 Å². The lowest BCUT2D eigenvalue weighted by molar-refractivity contribution is -0.127. The van der Waals surface area contributed by atoms with E-state index in [0.717, 1.165) is 29.9 Å². The minimum absolute atomic E-state index is 0.0116. The summed E-state index contributed by atoms with van der Waals surface area (Å²) in [5, 5.41) is 3.90. The molecule has 0 N–H and O–H groups in total. The van der Waals surface area contributed by atoms with Gasteiger partial charge in [-0.2, -0.15) is 0 Å². The van der Waals surface area contributed by atoms with Crippen molar-refractivity contribution in [1.82, 2.24) is 10.1 Å². The number of rotatable bonds is 4. The Hall–Kier alpha value is -1.58. The lowest BCUT2D eigenvalue weighted by Crippen LogP contribution is -2.31. The molecule has 1 heterocycles. The molecular weight excluding hydrogens is 204 g/mol. The van der Waals surface area contributed by atoms with Crippen LogP contribution in [0.1, 0.15) is 29.9 Å². The van der Waals surface area contributed by atoms with Crippen molar-refractivity contribution in [2.24, 2.45) is 0 Å². The monoisotopic (exact) mass is 220 g/mol. The predicted molar refractivity (Wildman–Crippen MR) is 59.7 cm³/mol. The van der Waals surface area contributed by atoms with Gasteiger partial charge in [0, 0.05) is 11.6 Å². The van der Waals surface area contributed by atoms with Gasteiger partial charge in [0.1, 0.15) is 5.76 Å². The highest BCUT2D eigenvalue weighted by molar-refractivity contribution is 5.87. The zero-order valence-electron chi connectivity index (χ0n) is 9.69. The molecule has 0 aromatic carbocycles. The molecule has 86 valence electrons. The summed E-state index contributed by atoms with van der Waals surface area (Å²) in [5.41, 5.74) is 1.88. The van der Waals surface area contributed by atoms with Gasteiger partial charge in [-0.15, -0.1) is 0 Å². The van der Waals surface area contributed by atoms with E-state index in [1.807, 2.05) is 18.7 Å². The fourth-order valence-corrected chi connectivity index (χ4v) is 1.79. The van der Waals surface area contributed by atoms with Gasteiger partial charge in [0.15, 0.2) is 0 Å². The molecule has 0 radical (unpaired) electrons. The average molecular weight is 220 g/mol. The molecule has 0 atom stereocenters. The van der Waals surface area contributed by atoms with Crippen LogP contribution in [0.15, 0.2) is 17.2 Å². The third kappa shape index (κ3) is 2.01. The van der Waals surface area contributed by atoms with Gasteiger partial charge in [0.25, 0.3) is 0 Å². The molecule has 0 bridgehead atoms. The van der Waals surface area contributed by atoms with E-state index < -0.39 is 0 Å². The topological polar surface area (TPSA) is 46.3 Å². The van der Waals surface area contributed by atoms with Gasteiger partial charge in [-0.05, 0) is 32.8 Å². The Balaban J connectivity index is 2.17. The first-order chi connectivity index (χ1) is 7.63. The van der Waals surface area contributed by atoms with Crippen LogP contribution in [0.4, 0.5) is 0 Å². The first-order valence-electron chi connectivity index (χ1n) is 5.48. The number of hydrogen-bond acceptors (Lipinski definition) is 3. The van der Waals surface area contributed by atoms with Gasteiger partial charge < -0.3 is 9.42 Å². The Morgan fingerprint density at radius 2 is 2.31 bits per heavy atom. The highest BCUT2D eigenvalue weighted by Crippen LogP contribution is 2.29. The van der Waals surface area contributed by atoms with Crippen LogP contribution in [0.2, 0.25) is 0 Å². The first kappa shape index (κ1) is 10.9. The summed E-state index contributed by atoms with van der Waals surface area (Å²) in [7, 11) is 0. The van der Waals surface area contributed by atoms with Crippen LogP contribution in [0, 0.1) is 13.8 Å². The molecule has 0 unspecified atom stereocenters. The Morgan fingerprint density at radius 3 is 2.75 bits per heavy atom. The minimum Gasteiger partial charge on any atom is -0.361 e. The fraction of sp³-hybridized carbons (Fsp3) is 0.500. The molecule has 1 saturated carbocycles. The Kier molecular flexibility index (Phi) is 2.81. The molecule has 1 aliphatic carbocycles. The SMILES string of the molecule is C=CC(=O)N(Cc1c(C)noc1C)C1CC1. The van der Waals surface area contributed by atoms with Crippen LogP contribution >= 0.6 is 0 Å². The maximum absolute atomic E-state index is 11.7. The highest BCUT2D eigenvalue weighted by Gasteiger charge is 2.32. The van der Waals surface area contributed by atoms with Crippen molar-refractivity contribution in [1.29, 1.82) is 0 Å². The average Bonchev–Trinajstić information content (AvgIpc) is 3.05. The molecule has 16 heavy (non-hydrogen) atoms. The molecule has 1 aromatic rings. The van der Waals surface area contributed by atoms with Gasteiger partial charge in [0.05, 0.1) is 12.2 Å². The molecule has 1 aliphatic rings. The van der Waals surface area contributed by atoms with Crippen molar-refractivity contribution in [3.8, 4) is 0 Å². The van der Waals surface area contributed by atoms with E-state index in [1.54, 1.807) is 0 Å². The van der Waals surface area contributed by atoms with E-state index in [4.69, 9.17) is 4.52 Å². The molecule has 4 heteroatoms. The third-order valence-corrected chi connectivity index (χ3v) is 2.96. The van der Waals surface area contributed by atoms with E-state index in [1.165, 1.54) is 6.08 Å². The molecule has 0 spiro atoms. The summed E-state index contributed by atoms with van der Waals surface area (Å²) < 4.78 is 5.10. The number of carbonyl (C=O) groups excluding carboxylic acids is 1. The fourth-order valence-electron chi connectivity index (χ4n) is 1.79. The summed E-state index contributed by atoms with van der Waals surface area (Å²) >= 11 is 0. The van der Waals surface area contributed by atoms with E-state index in [2.05, 4.69) is 11.7 Å². The number of amides is 1. The molecule has 1 amide bonds. The number of aryl methyl sites for hydroxylation is 2. The summed E-state index contributed by atoms with van der Waals surface area (Å²) in [6, 6.07) is 0.374. The number of hydrogen-bond donors (Lipinski definition) is 0. The lowest BCUT2D eigenvalue weighted by Gasteiger charge is -2.20. The Bertz CT molecular complexity index is 399. The second kappa shape index (κ2) is 4.12. The van der Waals surface area contributed by atoms with Crippen molar-refractivity contribution in [3.63, 3.8) is 0 Å². The van der Waals surface area contributed by atoms with Crippen molar-refractivity contribution < 1.29 is 9.32 Å².